The number of rotatable bonds is 2. The van der Waals surface area contributed by atoms with Crippen LogP contribution in [0.2, 0.25) is 0 Å². The van der Waals surface area contributed by atoms with Crippen LogP contribution in [0.15, 0.2) is 12.2 Å². The van der Waals surface area contributed by atoms with Gasteiger partial charge in [0.05, 0.1) is 0 Å². The molecular formula is C12H20N2O. The van der Waals surface area contributed by atoms with Crippen molar-refractivity contribution in [2.45, 2.75) is 25.7 Å². The molecule has 0 spiro atoms. The Bertz CT molecular complexity index is 246. The summed E-state index contributed by atoms with van der Waals surface area (Å²) in [7, 11) is 0. The van der Waals surface area contributed by atoms with Gasteiger partial charge in [-0.15, -0.1) is 0 Å². The van der Waals surface area contributed by atoms with Crippen molar-refractivity contribution in [3.8, 4) is 0 Å². The maximum Gasteiger partial charge on any atom is 0.226 e. The Morgan fingerprint density at radius 3 is 2.40 bits per heavy atom. The van der Waals surface area contributed by atoms with E-state index in [4.69, 9.17) is 5.73 Å². The number of piperidine rings is 1. The van der Waals surface area contributed by atoms with Crippen molar-refractivity contribution in [2.75, 3.05) is 19.6 Å². The molecular weight excluding hydrogens is 188 g/mol. The molecule has 0 atom stereocenters. The van der Waals surface area contributed by atoms with Gasteiger partial charge < -0.3 is 10.6 Å². The Morgan fingerprint density at radius 1 is 1.27 bits per heavy atom. The van der Waals surface area contributed by atoms with Crippen LogP contribution in [0.25, 0.3) is 0 Å². The van der Waals surface area contributed by atoms with E-state index in [1.807, 2.05) is 4.90 Å². The topological polar surface area (TPSA) is 46.3 Å². The number of amides is 1. The van der Waals surface area contributed by atoms with Gasteiger partial charge in [0.2, 0.25) is 5.91 Å². The monoisotopic (exact) mass is 208 g/mol. The second kappa shape index (κ2) is 4.79. The summed E-state index contributed by atoms with van der Waals surface area (Å²) in [6.07, 6.45) is 8.29. The van der Waals surface area contributed by atoms with Gasteiger partial charge in [-0.05, 0) is 38.1 Å². The Balaban J connectivity index is 1.82. The van der Waals surface area contributed by atoms with Crippen LogP contribution in [0.1, 0.15) is 25.7 Å². The zero-order valence-electron chi connectivity index (χ0n) is 9.19. The number of nitrogens with zero attached hydrogens (tertiary/aromatic N) is 1. The highest BCUT2D eigenvalue weighted by atomic mass is 16.2. The maximum atomic E-state index is 12.1. The normalized spacial score (nSPS) is 23.7. The quantitative estimate of drug-likeness (QED) is 0.692. The highest BCUT2D eigenvalue weighted by Gasteiger charge is 2.27. The minimum absolute atomic E-state index is 0.236. The third-order valence-electron chi connectivity index (χ3n) is 3.62. The molecule has 1 aliphatic carbocycles. The minimum atomic E-state index is 0.236. The van der Waals surface area contributed by atoms with E-state index in [0.29, 0.717) is 11.8 Å². The number of carbonyl (C=O) groups is 1. The third-order valence-corrected chi connectivity index (χ3v) is 3.62. The molecule has 2 N–H and O–H groups in total. The van der Waals surface area contributed by atoms with Crippen LogP contribution in [0.5, 0.6) is 0 Å². The van der Waals surface area contributed by atoms with Gasteiger partial charge in [0.25, 0.3) is 0 Å². The average molecular weight is 208 g/mol. The number of likely N-dealkylation sites (tertiary alicyclic amines) is 1. The van der Waals surface area contributed by atoms with Crippen molar-refractivity contribution in [2.24, 2.45) is 17.6 Å². The van der Waals surface area contributed by atoms with E-state index >= 15 is 0 Å². The van der Waals surface area contributed by atoms with E-state index in [9.17, 15) is 4.79 Å². The van der Waals surface area contributed by atoms with Crippen LogP contribution < -0.4 is 5.73 Å². The number of carbonyl (C=O) groups excluding carboxylic acids is 1. The molecule has 3 heteroatoms. The largest absolute Gasteiger partial charge is 0.342 e. The van der Waals surface area contributed by atoms with Crippen molar-refractivity contribution in [1.29, 1.82) is 0 Å². The number of nitrogens with two attached hydrogens (primary N) is 1. The lowest BCUT2D eigenvalue weighted by atomic mass is 9.95. The van der Waals surface area contributed by atoms with Gasteiger partial charge in [0.15, 0.2) is 0 Å². The molecule has 2 aliphatic rings. The average Bonchev–Trinajstić information content (AvgIpc) is 2.82. The summed E-state index contributed by atoms with van der Waals surface area (Å²) in [5.74, 6) is 1.23. The van der Waals surface area contributed by atoms with Crippen molar-refractivity contribution in [3.63, 3.8) is 0 Å². The van der Waals surface area contributed by atoms with Gasteiger partial charge in [0, 0.05) is 19.0 Å². The molecule has 0 unspecified atom stereocenters. The predicted molar refractivity (Wildman–Crippen MR) is 60.2 cm³/mol. The minimum Gasteiger partial charge on any atom is -0.342 e. The fraction of sp³-hybridized carbons (Fsp3) is 0.750. The van der Waals surface area contributed by atoms with Crippen LogP contribution in [-0.4, -0.2) is 30.4 Å². The molecule has 1 amide bonds. The molecule has 0 aromatic rings. The second-order valence-electron chi connectivity index (χ2n) is 4.64. The van der Waals surface area contributed by atoms with Gasteiger partial charge in [-0.1, -0.05) is 12.2 Å². The first kappa shape index (κ1) is 10.7. The fourth-order valence-electron chi connectivity index (χ4n) is 2.47. The highest BCUT2D eigenvalue weighted by molar-refractivity contribution is 5.79. The lowest BCUT2D eigenvalue weighted by Crippen LogP contribution is -2.42. The lowest BCUT2D eigenvalue weighted by Gasteiger charge is -2.33. The van der Waals surface area contributed by atoms with E-state index in [1.54, 1.807) is 0 Å². The summed E-state index contributed by atoms with van der Waals surface area (Å²) in [6, 6.07) is 0. The summed E-state index contributed by atoms with van der Waals surface area (Å²) < 4.78 is 0. The molecule has 0 aromatic heterocycles. The summed E-state index contributed by atoms with van der Waals surface area (Å²) >= 11 is 0. The zero-order chi connectivity index (χ0) is 10.7. The molecule has 0 aromatic carbocycles. The van der Waals surface area contributed by atoms with Gasteiger partial charge in [0.1, 0.15) is 0 Å². The molecule has 3 nitrogen and oxygen atoms in total. The summed E-state index contributed by atoms with van der Waals surface area (Å²) in [4.78, 5) is 14.1. The van der Waals surface area contributed by atoms with Gasteiger partial charge in [-0.25, -0.2) is 0 Å². The molecule has 2 rings (SSSR count). The van der Waals surface area contributed by atoms with Crippen LogP contribution in [-0.2, 0) is 4.79 Å². The molecule has 1 saturated heterocycles. The number of hydrogen-bond donors (Lipinski definition) is 1. The van der Waals surface area contributed by atoms with Crippen LogP contribution in [0.4, 0.5) is 0 Å². The van der Waals surface area contributed by atoms with Crippen LogP contribution in [0, 0.1) is 11.8 Å². The molecule has 0 radical (unpaired) electrons. The number of hydrogen-bond acceptors (Lipinski definition) is 2. The van der Waals surface area contributed by atoms with E-state index in [1.165, 1.54) is 0 Å². The van der Waals surface area contributed by atoms with E-state index in [2.05, 4.69) is 12.2 Å². The van der Waals surface area contributed by atoms with Crippen molar-refractivity contribution in [1.82, 2.24) is 4.90 Å². The second-order valence-corrected chi connectivity index (χ2v) is 4.64. The van der Waals surface area contributed by atoms with E-state index in [0.717, 1.165) is 45.3 Å². The molecule has 1 heterocycles. The van der Waals surface area contributed by atoms with Gasteiger partial charge in [-0.3, -0.25) is 4.79 Å². The highest BCUT2D eigenvalue weighted by Crippen LogP contribution is 2.23. The van der Waals surface area contributed by atoms with Gasteiger partial charge >= 0.3 is 0 Å². The maximum absolute atomic E-state index is 12.1. The molecule has 84 valence electrons. The van der Waals surface area contributed by atoms with Crippen molar-refractivity contribution >= 4 is 5.91 Å². The first-order valence-corrected chi connectivity index (χ1v) is 5.95. The smallest absolute Gasteiger partial charge is 0.226 e. The predicted octanol–water partition coefficient (Wildman–Crippen LogP) is 1.15. The van der Waals surface area contributed by atoms with Crippen LogP contribution in [0.3, 0.4) is 0 Å². The Morgan fingerprint density at radius 2 is 1.87 bits per heavy atom. The molecule has 1 fully saturated rings. The molecule has 0 saturated carbocycles. The number of allylic oxidation sites excluding steroid dienone is 2. The van der Waals surface area contributed by atoms with Gasteiger partial charge in [-0.2, -0.15) is 0 Å². The lowest BCUT2D eigenvalue weighted by molar-refractivity contribution is -0.136. The van der Waals surface area contributed by atoms with Crippen molar-refractivity contribution in [3.05, 3.63) is 12.2 Å². The Kier molecular flexibility index (Phi) is 3.41. The SMILES string of the molecule is NCC1CCN(C(=O)C2CC=CC2)CC1. The summed E-state index contributed by atoms with van der Waals surface area (Å²) in [5.41, 5.74) is 5.63. The molecule has 0 bridgehead atoms. The fourth-order valence-corrected chi connectivity index (χ4v) is 2.47. The van der Waals surface area contributed by atoms with Crippen LogP contribution >= 0.6 is 0 Å². The summed E-state index contributed by atoms with van der Waals surface area (Å²) in [6.45, 7) is 2.60. The standard InChI is InChI=1S/C12H20N2O/c13-9-10-5-7-14(8-6-10)12(15)11-3-1-2-4-11/h1-2,10-11H,3-9,13H2. The Hall–Kier alpha value is -0.830. The first-order valence-electron chi connectivity index (χ1n) is 5.95. The Labute approximate surface area is 91.3 Å². The zero-order valence-corrected chi connectivity index (χ0v) is 9.19. The van der Waals surface area contributed by atoms with Crippen molar-refractivity contribution < 1.29 is 4.79 Å². The third kappa shape index (κ3) is 2.40. The molecule has 1 aliphatic heterocycles. The first-order chi connectivity index (χ1) is 7.31. The summed E-state index contributed by atoms with van der Waals surface area (Å²) in [5, 5.41) is 0. The molecule has 15 heavy (non-hydrogen) atoms. The van der Waals surface area contributed by atoms with E-state index in [-0.39, 0.29) is 5.92 Å². The van der Waals surface area contributed by atoms with E-state index < -0.39 is 0 Å².